The van der Waals surface area contributed by atoms with Crippen LogP contribution in [0.5, 0.6) is 0 Å². The van der Waals surface area contributed by atoms with Gasteiger partial charge in [-0.3, -0.25) is 19.8 Å². The molecule has 1 spiro atoms. The molecule has 0 aliphatic carbocycles. The Labute approximate surface area is 170 Å². The number of hydrogen-bond acceptors (Lipinski definition) is 4. The van der Waals surface area contributed by atoms with E-state index in [-0.39, 0.29) is 0 Å². The third-order valence-corrected chi connectivity index (χ3v) is 6.70. The predicted molar refractivity (Wildman–Crippen MR) is 114 cm³/mol. The first-order valence-electron chi connectivity index (χ1n) is 10.7. The Hall–Kier alpha value is -1.78. The second kappa shape index (κ2) is 7.92. The summed E-state index contributed by atoms with van der Waals surface area (Å²) in [5.74, 6) is 0. The lowest BCUT2D eigenvalue weighted by atomic mass is 9.79. The zero-order chi connectivity index (χ0) is 19.7. The smallest absolute Gasteiger partial charge is 0.0759 e. The number of piperidine rings is 1. The van der Waals surface area contributed by atoms with Gasteiger partial charge in [0.15, 0.2) is 0 Å². The molecule has 0 bridgehead atoms. The number of nitrogens with zero attached hydrogens (tertiary/aromatic N) is 4. The van der Waals surface area contributed by atoms with Crippen LogP contribution in [0.2, 0.25) is 0 Å². The molecule has 4 nitrogen and oxygen atoms in total. The molecule has 1 atom stereocenters. The first-order chi connectivity index (χ1) is 13.4. The molecule has 1 aromatic heterocycles. The van der Waals surface area contributed by atoms with Crippen LogP contribution in [0, 0.1) is 33.1 Å². The van der Waals surface area contributed by atoms with Crippen molar-refractivity contribution in [2.24, 2.45) is 5.41 Å². The van der Waals surface area contributed by atoms with Crippen molar-refractivity contribution in [1.29, 1.82) is 0 Å². The van der Waals surface area contributed by atoms with Gasteiger partial charge in [0.05, 0.1) is 22.8 Å². The topological polar surface area (TPSA) is 32.3 Å². The van der Waals surface area contributed by atoms with Crippen molar-refractivity contribution in [3.63, 3.8) is 0 Å². The Balaban J connectivity index is 1.40. The van der Waals surface area contributed by atoms with E-state index < -0.39 is 0 Å². The molecule has 3 heterocycles. The van der Waals surface area contributed by atoms with Crippen LogP contribution in [-0.4, -0.2) is 45.9 Å². The summed E-state index contributed by atoms with van der Waals surface area (Å²) in [6.07, 6.45) is 4.00. The Morgan fingerprint density at radius 2 is 1.61 bits per heavy atom. The molecule has 2 aromatic rings. The van der Waals surface area contributed by atoms with Gasteiger partial charge in [-0.25, -0.2) is 0 Å². The van der Waals surface area contributed by atoms with Crippen molar-refractivity contribution in [3.8, 4) is 0 Å². The highest BCUT2D eigenvalue weighted by molar-refractivity contribution is 5.22. The molecule has 2 fully saturated rings. The molecule has 4 heteroatoms. The lowest BCUT2D eigenvalue weighted by molar-refractivity contribution is 0.0864. The standard InChI is InChI=1S/C24H34N4/c1-18-7-5-8-22(13-18)14-27-11-6-9-24(16-27)10-12-28(17-24)15-23-21(4)25-19(2)20(3)26-23/h5,7-8,13H,6,9-12,14-17H2,1-4H3. The second-order valence-electron chi connectivity index (χ2n) is 9.19. The summed E-state index contributed by atoms with van der Waals surface area (Å²) in [6, 6.07) is 8.99. The van der Waals surface area contributed by atoms with Crippen LogP contribution < -0.4 is 0 Å². The molecule has 4 rings (SSSR count). The van der Waals surface area contributed by atoms with E-state index in [4.69, 9.17) is 4.98 Å². The van der Waals surface area contributed by atoms with Gasteiger partial charge >= 0.3 is 0 Å². The van der Waals surface area contributed by atoms with Crippen molar-refractivity contribution in [1.82, 2.24) is 19.8 Å². The van der Waals surface area contributed by atoms with E-state index in [2.05, 4.69) is 66.7 Å². The highest BCUT2D eigenvalue weighted by Crippen LogP contribution is 2.39. The quantitative estimate of drug-likeness (QED) is 0.798. The zero-order valence-corrected chi connectivity index (χ0v) is 18.0. The molecule has 0 saturated carbocycles. The largest absolute Gasteiger partial charge is 0.298 e. The Bertz CT molecular complexity index is 846. The van der Waals surface area contributed by atoms with E-state index in [0.717, 1.165) is 35.9 Å². The van der Waals surface area contributed by atoms with E-state index in [0.29, 0.717) is 5.41 Å². The summed E-state index contributed by atoms with van der Waals surface area (Å²) < 4.78 is 0. The van der Waals surface area contributed by atoms with Gasteiger partial charge in [0.2, 0.25) is 0 Å². The van der Waals surface area contributed by atoms with Crippen LogP contribution in [0.3, 0.4) is 0 Å². The third-order valence-electron chi connectivity index (χ3n) is 6.70. The van der Waals surface area contributed by atoms with Crippen LogP contribution >= 0.6 is 0 Å². The number of aryl methyl sites for hydroxylation is 4. The molecule has 1 aromatic carbocycles. The van der Waals surface area contributed by atoms with Crippen LogP contribution in [0.25, 0.3) is 0 Å². The molecule has 1 unspecified atom stereocenters. The normalized spacial score (nSPS) is 23.6. The van der Waals surface area contributed by atoms with Gasteiger partial charge in [-0.2, -0.15) is 0 Å². The maximum atomic E-state index is 4.83. The lowest BCUT2D eigenvalue weighted by Gasteiger charge is -2.40. The minimum atomic E-state index is 0.461. The molecule has 2 saturated heterocycles. The monoisotopic (exact) mass is 378 g/mol. The number of rotatable bonds is 4. The summed E-state index contributed by atoms with van der Waals surface area (Å²) in [7, 11) is 0. The fraction of sp³-hybridized carbons (Fsp3) is 0.583. The molecule has 0 radical (unpaired) electrons. The van der Waals surface area contributed by atoms with Crippen molar-refractivity contribution >= 4 is 0 Å². The van der Waals surface area contributed by atoms with Crippen LogP contribution in [0.15, 0.2) is 24.3 Å². The average Bonchev–Trinajstić information content (AvgIpc) is 3.01. The summed E-state index contributed by atoms with van der Waals surface area (Å²) in [6.45, 7) is 15.3. The van der Waals surface area contributed by atoms with E-state index in [1.807, 2.05) is 0 Å². The summed E-state index contributed by atoms with van der Waals surface area (Å²) in [5.41, 5.74) is 7.65. The molecule has 28 heavy (non-hydrogen) atoms. The van der Waals surface area contributed by atoms with Gasteiger partial charge in [0, 0.05) is 26.2 Å². The van der Waals surface area contributed by atoms with Gasteiger partial charge in [-0.15, -0.1) is 0 Å². The van der Waals surface area contributed by atoms with Crippen LogP contribution in [0.1, 0.15) is 53.2 Å². The fourth-order valence-electron chi connectivity index (χ4n) is 5.13. The zero-order valence-electron chi connectivity index (χ0n) is 18.0. The number of benzene rings is 1. The minimum Gasteiger partial charge on any atom is -0.298 e. The predicted octanol–water partition coefficient (Wildman–Crippen LogP) is 4.20. The summed E-state index contributed by atoms with van der Waals surface area (Å²) in [4.78, 5) is 14.8. The number of hydrogen-bond donors (Lipinski definition) is 0. The van der Waals surface area contributed by atoms with Crippen molar-refractivity contribution in [3.05, 3.63) is 58.2 Å². The molecular weight excluding hydrogens is 344 g/mol. The van der Waals surface area contributed by atoms with Gasteiger partial charge in [0.1, 0.15) is 0 Å². The van der Waals surface area contributed by atoms with Gasteiger partial charge in [0.25, 0.3) is 0 Å². The highest BCUT2D eigenvalue weighted by Gasteiger charge is 2.41. The van der Waals surface area contributed by atoms with Gasteiger partial charge in [-0.05, 0) is 71.0 Å². The van der Waals surface area contributed by atoms with Crippen molar-refractivity contribution in [2.45, 2.75) is 60.0 Å². The third kappa shape index (κ3) is 4.28. The Kier molecular flexibility index (Phi) is 5.52. The van der Waals surface area contributed by atoms with Gasteiger partial charge in [-0.1, -0.05) is 29.8 Å². The summed E-state index contributed by atoms with van der Waals surface area (Å²) in [5, 5.41) is 0. The van der Waals surface area contributed by atoms with Gasteiger partial charge < -0.3 is 0 Å². The number of aromatic nitrogens is 2. The van der Waals surface area contributed by atoms with Crippen LogP contribution in [-0.2, 0) is 13.1 Å². The van der Waals surface area contributed by atoms with Crippen LogP contribution in [0.4, 0.5) is 0 Å². The maximum absolute atomic E-state index is 4.83. The number of likely N-dealkylation sites (tertiary alicyclic amines) is 2. The van der Waals surface area contributed by atoms with E-state index in [9.17, 15) is 0 Å². The molecule has 150 valence electrons. The average molecular weight is 379 g/mol. The maximum Gasteiger partial charge on any atom is 0.0759 e. The van der Waals surface area contributed by atoms with E-state index in [1.54, 1.807) is 0 Å². The fourth-order valence-corrected chi connectivity index (χ4v) is 5.13. The molecule has 0 amide bonds. The highest BCUT2D eigenvalue weighted by atomic mass is 15.2. The van der Waals surface area contributed by atoms with E-state index >= 15 is 0 Å². The molecule has 2 aliphatic heterocycles. The van der Waals surface area contributed by atoms with Crippen molar-refractivity contribution < 1.29 is 0 Å². The van der Waals surface area contributed by atoms with Crippen molar-refractivity contribution in [2.75, 3.05) is 26.2 Å². The molecular formula is C24H34N4. The minimum absolute atomic E-state index is 0.461. The lowest BCUT2D eigenvalue weighted by Crippen LogP contribution is -2.44. The SMILES string of the molecule is Cc1cccc(CN2CCCC3(CCN(Cc4nc(C)c(C)nc4C)C3)C2)c1. The Morgan fingerprint density at radius 3 is 2.39 bits per heavy atom. The second-order valence-corrected chi connectivity index (χ2v) is 9.19. The van der Waals surface area contributed by atoms with E-state index in [1.165, 1.54) is 56.6 Å². The first kappa shape index (κ1) is 19.5. The summed E-state index contributed by atoms with van der Waals surface area (Å²) >= 11 is 0. The molecule has 0 N–H and O–H groups in total. The Morgan fingerprint density at radius 1 is 0.857 bits per heavy atom. The molecule has 2 aliphatic rings. The first-order valence-corrected chi connectivity index (χ1v) is 10.7.